The zero-order chi connectivity index (χ0) is 24.5. The number of aromatic amines is 1. The molecule has 7 nitrogen and oxygen atoms in total. The Labute approximate surface area is 195 Å². The van der Waals surface area contributed by atoms with Crippen LogP contribution in [-0.2, 0) is 11.0 Å². The maximum absolute atomic E-state index is 12.8. The van der Waals surface area contributed by atoms with E-state index in [1.54, 1.807) is 18.2 Å². The van der Waals surface area contributed by atoms with Gasteiger partial charge >= 0.3 is 11.9 Å². The maximum atomic E-state index is 12.8. The number of anilines is 1. The van der Waals surface area contributed by atoms with E-state index in [0.717, 1.165) is 23.3 Å². The first-order valence-corrected chi connectivity index (χ1v) is 10.8. The number of alkyl halides is 3. The van der Waals surface area contributed by atoms with Gasteiger partial charge in [0, 0.05) is 5.69 Å². The second-order valence-corrected chi connectivity index (χ2v) is 8.72. The van der Waals surface area contributed by atoms with Gasteiger partial charge in [0.05, 0.1) is 10.4 Å². The number of halogens is 3. The number of carbonyl (C=O) groups is 1. The van der Waals surface area contributed by atoms with Gasteiger partial charge < -0.3 is 10.1 Å². The summed E-state index contributed by atoms with van der Waals surface area (Å²) in [6, 6.07) is 13.1. The molecule has 0 aliphatic heterocycles. The predicted octanol–water partition coefficient (Wildman–Crippen LogP) is 5.57. The van der Waals surface area contributed by atoms with Crippen LogP contribution in [0.2, 0.25) is 0 Å². The van der Waals surface area contributed by atoms with E-state index in [9.17, 15) is 22.8 Å². The molecule has 0 saturated carbocycles. The van der Waals surface area contributed by atoms with Crippen LogP contribution in [0.1, 0.15) is 19.4 Å². The quantitative estimate of drug-likeness (QED) is 0.369. The summed E-state index contributed by atoms with van der Waals surface area (Å²) in [4.78, 5) is 27.2. The Balaban J connectivity index is 1.46. The zero-order valence-corrected chi connectivity index (χ0v) is 18.7. The second kappa shape index (κ2) is 8.82. The number of nitrogens with one attached hydrogen (secondary N) is 2. The van der Waals surface area contributed by atoms with Crippen LogP contribution >= 0.6 is 11.3 Å². The highest BCUT2D eigenvalue weighted by Crippen LogP contribution is 2.33. The molecular weight excluding hydrogens is 471 g/mol. The molecule has 1 amide bonds. The molecule has 2 aromatic carbocycles. The Hall–Kier alpha value is -3.86. The average Bonchev–Trinajstić information content (AvgIpc) is 3.42. The van der Waals surface area contributed by atoms with Gasteiger partial charge in [-0.25, -0.2) is 4.79 Å². The van der Waals surface area contributed by atoms with E-state index >= 15 is 0 Å². The lowest BCUT2D eigenvalue weighted by atomic mass is 10.1. The van der Waals surface area contributed by atoms with Crippen molar-refractivity contribution in [3.05, 3.63) is 76.1 Å². The van der Waals surface area contributed by atoms with Crippen LogP contribution in [0.3, 0.4) is 0 Å². The largest absolute Gasteiger partial charge is 0.478 e. The molecule has 4 aromatic rings. The van der Waals surface area contributed by atoms with E-state index in [-0.39, 0.29) is 5.75 Å². The predicted molar refractivity (Wildman–Crippen MR) is 121 cm³/mol. The molecule has 0 unspecified atom stereocenters. The van der Waals surface area contributed by atoms with E-state index in [1.807, 2.05) is 17.5 Å². The molecule has 2 heterocycles. The Bertz CT molecular complexity index is 1370. The van der Waals surface area contributed by atoms with E-state index in [1.165, 1.54) is 37.3 Å². The maximum Gasteiger partial charge on any atom is 0.439 e. The van der Waals surface area contributed by atoms with Gasteiger partial charge in [-0.1, -0.05) is 17.3 Å². The van der Waals surface area contributed by atoms with Crippen molar-refractivity contribution in [1.82, 2.24) is 10.1 Å². The Morgan fingerprint density at radius 1 is 1.09 bits per heavy atom. The smallest absolute Gasteiger partial charge is 0.439 e. The van der Waals surface area contributed by atoms with Gasteiger partial charge in [0.25, 0.3) is 5.91 Å². The van der Waals surface area contributed by atoms with Gasteiger partial charge in [-0.05, 0) is 72.8 Å². The molecule has 0 spiro atoms. The topological polar surface area (TPSA) is 97.2 Å². The summed E-state index contributed by atoms with van der Waals surface area (Å²) in [7, 11) is 0. The fourth-order valence-corrected chi connectivity index (χ4v) is 3.91. The summed E-state index contributed by atoms with van der Waals surface area (Å²) in [5.74, 6) is -0.655. The zero-order valence-electron chi connectivity index (χ0n) is 17.9. The number of carbonyl (C=O) groups excluding carboxylic acids is 1. The molecule has 2 N–H and O–H groups in total. The van der Waals surface area contributed by atoms with Crippen LogP contribution in [0.4, 0.5) is 18.9 Å². The molecule has 2 aromatic heterocycles. The molecule has 176 valence electrons. The number of nitrogens with zero attached hydrogens (tertiary/aromatic N) is 1. The molecule has 4 rings (SSSR count). The SMILES string of the molecule is CC(C)(Oc1ccc(C(F)(F)F)cc1)C(=O)Nc1cccc(-c2csc(-c3noc(=O)[nH]3)c2)c1. The fourth-order valence-electron chi connectivity index (χ4n) is 3.06. The van der Waals surface area contributed by atoms with Crippen molar-refractivity contribution in [2.75, 3.05) is 5.32 Å². The van der Waals surface area contributed by atoms with E-state index in [0.29, 0.717) is 16.4 Å². The second-order valence-electron chi connectivity index (χ2n) is 7.81. The van der Waals surface area contributed by atoms with Crippen LogP contribution in [0.5, 0.6) is 5.75 Å². The van der Waals surface area contributed by atoms with Crippen LogP contribution < -0.4 is 15.8 Å². The van der Waals surface area contributed by atoms with Crippen molar-refractivity contribution in [1.29, 1.82) is 0 Å². The molecule has 0 radical (unpaired) electrons. The lowest BCUT2D eigenvalue weighted by molar-refractivity contribution is -0.137. The van der Waals surface area contributed by atoms with E-state index in [4.69, 9.17) is 4.74 Å². The summed E-state index contributed by atoms with van der Waals surface area (Å²) in [6.45, 7) is 3.04. The number of aromatic nitrogens is 2. The first kappa shape index (κ1) is 23.3. The number of hydrogen-bond donors (Lipinski definition) is 2. The van der Waals surface area contributed by atoms with Crippen molar-refractivity contribution in [2.45, 2.75) is 25.6 Å². The van der Waals surface area contributed by atoms with Crippen molar-refractivity contribution in [2.24, 2.45) is 0 Å². The van der Waals surface area contributed by atoms with E-state index in [2.05, 4.69) is 20.0 Å². The van der Waals surface area contributed by atoms with Crippen molar-refractivity contribution >= 4 is 22.9 Å². The molecule has 0 saturated heterocycles. The Morgan fingerprint density at radius 3 is 2.47 bits per heavy atom. The summed E-state index contributed by atoms with van der Waals surface area (Å²) in [5.41, 5.74) is 0.0110. The van der Waals surface area contributed by atoms with Crippen LogP contribution in [0.25, 0.3) is 21.8 Å². The van der Waals surface area contributed by atoms with Gasteiger partial charge in [0.15, 0.2) is 11.4 Å². The van der Waals surface area contributed by atoms with Gasteiger partial charge in [0.2, 0.25) is 0 Å². The molecular formula is C23H18F3N3O4S. The number of H-pyrrole nitrogens is 1. The number of amides is 1. The van der Waals surface area contributed by atoms with Crippen molar-refractivity contribution in [3.8, 4) is 27.6 Å². The van der Waals surface area contributed by atoms with E-state index < -0.39 is 29.0 Å². The Morgan fingerprint density at radius 2 is 1.82 bits per heavy atom. The highest BCUT2D eigenvalue weighted by atomic mass is 32.1. The molecule has 34 heavy (non-hydrogen) atoms. The summed E-state index contributed by atoms with van der Waals surface area (Å²) in [5, 5.41) is 8.32. The van der Waals surface area contributed by atoms with Crippen LogP contribution in [-0.4, -0.2) is 21.6 Å². The van der Waals surface area contributed by atoms with Gasteiger partial charge in [0.1, 0.15) is 5.75 Å². The summed E-state index contributed by atoms with van der Waals surface area (Å²) < 4.78 is 48.4. The highest BCUT2D eigenvalue weighted by Gasteiger charge is 2.32. The first-order chi connectivity index (χ1) is 16.0. The average molecular weight is 489 g/mol. The third kappa shape index (κ3) is 5.20. The standard InChI is InChI=1S/C23H18F3N3O4S/c1-22(2,32-17-8-6-15(7-9-17)23(24,25)26)20(30)27-16-5-3-4-13(10-16)14-11-18(34-12-14)19-28-21(31)33-29-19/h3-12H,1-2H3,(H,27,30)(H,28,29,31). The molecule has 0 atom stereocenters. The normalized spacial score (nSPS) is 11.9. The van der Waals surface area contributed by atoms with Crippen LogP contribution in [0.15, 0.2) is 69.3 Å². The number of thiophene rings is 1. The minimum absolute atomic E-state index is 0.138. The lowest BCUT2D eigenvalue weighted by Crippen LogP contribution is -2.42. The third-order valence-corrected chi connectivity index (χ3v) is 5.77. The molecule has 11 heteroatoms. The third-order valence-electron chi connectivity index (χ3n) is 4.83. The van der Waals surface area contributed by atoms with Gasteiger partial charge in [-0.2, -0.15) is 13.2 Å². The lowest BCUT2D eigenvalue weighted by Gasteiger charge is -2.25. The highest BCUT2D eigenvalue weighted by molar-refractivity contribution is 7.13. The minimum Gasteiger partial charge on any atom is -0.478 e. The van der Waals surface area contributed by atoms with Gasteiger partial charge in [-0.15, -0.1) is 11.3 Å². The first-order valence-electron chi connectivity index (χ1n) is 9.94. The fraction of sp³-hybridized carbons (Fsp3) is 0.174. The molecule has 0 aliphatic carbocycles. The molecule has 0 fully saturated rings. The van der Waals surface area contributed by atoms with Crippen molar-refractivity contribution < 1.29 is 27.2 Å². The summed E-state index contributed by atoms with van der Waals surface area (Å²) in [6.07, 6.45) is -4.45. The monoisotopic (exact) mass is 489 g/mol. The van der Waals surface area contributed by atoms with Crippen molar-refractivity contribution in [3.63, 3.8) is 0 Å². The summed E-state index contributed by atoms with van der Waals surface area (Å²) >= 11 is 1.37. The minimum atomic E-state index is -4.45. The Kier molecular flexibility index (Phi) is 6.05. The number of hydrogen-bond acceptors (Lipinski definition) is 6. The van der Waals surface area contributed by atoms with Crippen LogP contribution in [0, 0.1) is 0 Å². The molecule has 0 bridgehead atoms. The number of ether oxygens (including phenoxy) is 1. The number of rotatable bonds is 6. The number of benzene rings is 2. The van der Waals surface area contributed by atoms with Gasteiger partial charge in [-0.3, -0.25) is 14.3 Å². The molecule has 0 aliphatic rings.